The third-order valence-electron chi connectivity index (χ3n) is 7.60. The minimum absolute atomic E-state index is 0.000574. The third kappa shape index (κ3) is 3.90. The van der Waals surface area contributed by atoms with Gasteiger partial charge in [0, 0.05) is 67.3 Å². The van der Waals surface area contributed by atoms with E-state index in [1.54, 1.807) is 22.7 Å². The molecule has 1 atom stereocenters. The van der Waals surface area contributed by atoms with E-state index in [-0.39, 0.29) is 17.7 Å². The van der Waals surface area contributed by atoms with E-state index in [1.807, 2.05) is 23.1 Å². The summed E-state index contributed by atoms with van der Waals surface area (Å²) in [5, 5.41) is 3.42. The first-order chi connectivity index (χ1) is 18.6. The molecule has 3 aliphatic heterocycles. The first kappa shape index (κ1) is 23.2. The molecular formula is C29H25N5O3S. The summed E-state index contributed by atoms with van der Waals surface area (Å²) >= 11 is 1.35. The standard InChI is InChI=1S/C29H25N5O3S/c35-27(26-31-11-13-38-26)33-15-19(16-33)17-34-25(32-29(28(34)36)9-12-37-18-29)22-6-3-20(4-7-22)23-8-5-21-2-1-10-30-24(21)14-23/h1-8,10-11,13-14,19H,9,12,15-18H2. The highest BCUT2D eigenvalue weighted by Crippen LogP contribution is 2.35. The van der Waals surface area contributed by atoms with Crippen molar-refractivity contribution in [2.75, 3.05) is 32.8 Å². The molecule has 1 spiro atoms. The van der Waals surface area contributed by atoms with Crippen LogP contribution in [0.15, 0.2) is 77.4 Å². The molecule has 9 heteroatoms. The molecule has 2 saturated heterocycles. The molecule has 190 valence electrons. The van der Waals surface area contributed by atoms with Gasteiger partial charge in [0.05, 0.1) is 12.1 Å². The summed E-state index contributed by atoms with van der Waals surface area (Å²) in [6.45, 7) is 2.58. The molecule has 2 amide bonds. The number of pyridine rings is 1. The second-order valence-corrected chi connectivity index (χ2v) is 11.0. The fraction of sp³-hybridized carbons (Fsp3) is 0.276. The zero-order valence-corrected chi connectivity index (χ0v) is 21.4. The van der Waals surface area contributed by atoms with Crippen LogP contribution in [0.2, 0.25) is 0 Å². The Labute approximate surface area is 223 Å². The van der Waals surface area contributed by atoms with Crippen molar-refractivity contribution >= 4 is 39.9 Å². The molecule has 0 aliphatic carbocycles. The van der Waals surface area contributed by atoms with Gasteiger partial charge in [-0.25, -0.2) is 9.98 Å². The molecule has 1 unspecified atom stereocenters. The maximum atomic E-state index is 13.6. The number of rotatable bonds is 5. The van der Waals surface area contributed by atoms with Gasteiger partial charge in [-0.05, 0) is 23.3 Å². The monoisotopic (exact) mass is 523 g/mol. The average molecular weight is 524 g/mol. The van der Waals surface area contributed by atoms with Gasteiger partial charge in [-0.3, -0.25) is 19.5 Å². The molecule has 5 heterocycles. The average Bonchev–Trinajstić information content (AvgIpc) is 3.69. The van der Waals surface area contributed by atoms with Crippen LogP contribution >= 0.6 is 11.3 Å². The number of fused-ring (bicyclic) bond motifs is 1. The molecule has 0 N–H and O–H groups in total. The van der Waals surface area contributed by atoms with Gasteiger partial charge in [-0.1, -0.05) is 42.5 Å². The van der Waals surface area contributed by atoms with Crippen molar-refractivity contribution in [3.8, 4) is 11.1 Å². The maximum absolute atomic E-state index is 13.6. The molecule has 38 heavy (non-hydrogen) atoms. The predicted octanol–water partition coefficient (Wildman–Crippen LogP) is 3.88. The van der Waals surface area contributed by atoms with Gasteiger partial charge in [0.2, 0.25) is 0 Å². The lowest BCUT2D eigenvalue weighted by Gasteiger charge is -2.40. The Morgan fingerprint density at radius 3 is 2.61 bits per heavy atom. The summed E-state index contributed by atoms with van der Waals surface area (Å²) in [5.74, 6) is 0.837. The van der Waals surface area contributed by atoms with E-state index in [4.69, 9.17) is 9.73 Å². The lowest BCUT2D eigenvalue weighted by molar-refractivity contribution is -0.132. The molecule has 0 saturated carbocycles. The number of hydrogen-bond acceptors (Lipinski definition) is 7. The van der Waals surface area contributed by atoms with Crippen LogP contribution in [0, 0.1) is 5.92 Å². The Morgan fingerprint density at radius 1 is 1.03 bits per heavy atom. The number of amidine groups is 1. The van der Waals surface area contributed by atoms with E-state index in [2.05, 4.69) is 46.4 Å². The second-order valence-electron chi connectivity index (χ2n) is 10.1. The van der Waals surface area contributed by atoms with E-state index in [1.165, 1.54) is 11.3 Å². The van der Waals surface area contributed by atoms with E-state index in [9.17, 15) is 9.59 Å². The molecule has 2 fully saturated rings. The predicted molar refractivity (Wildman–Crippen MR) is 145 cm³/mol. The largest absolute Gasteiger partial charge is 0.378 e. The van der Waals surface area contributed by atoms with E-state index in [0.717, 1.165) is 27.6 Å². The summed E-state index contributed by atoms with van der Waals surface area (Å²) < 4.78 is 5.61. The number of aromatic nitrogens is 2. The van der Waals surface area contributed by atoms with E-state index in [0.29, 0.717) is 50.1 Å². The van der Waals surface area contributed by atoms with Crippen LogP contribution in [-0.4, -0.2) is 75.8 Å². The molecule has 2 aromatic carbocycles. The van der Waals surface area contributed by atoms with Gasteiger partial charge in [-0.15, -0.1) is 11.3 Å². The molecule has 7 rings (SSSR count). The number of nitrogens with zero attached hydrogens (tertiary/aromatic N) is 5. The van der Waals surface area contributed by atoms with Crippen LogP contribution in [0.5, 0.6) is 0 Å². The van der Waals surface area contributed by atoms with Gasteiger partial charge in [0.25, 0.3) is 11.8 Å². The number of carbonyl (C=O) groups excluding carboxylic acids is 2. The number of benzene rings is 2. The van der Waals surface area contributed by atoms with Gasteiger partial charge in [-0.2, -0.15) is 0 Å². The zero-order chi connectivity index (χ0) is 25.7. The number of ether oxygens (including phenoxy) is 1. The fourth-order valence-corrected chi connectivity index (χ4v) is 6.09. The zero-order valence-electron chi connectivity index (χ0n) is 20.6. The van der Waals surface area contributed by atoms with Crippen molar-refractivity contribution in [2.24, 2.45) is 10.9 Å². The van der Waals surface area contributed by atoms with Gasteiger partial charge in [0.15, 0.2) is 10.5 Å². The molecule has 0 bridgehead atoms. The van der Waals surface area contributed by atoms with E-state index < -0.39 is 5.54 Å². The molecular weight excluding hydrogens is 498 g/mol. The Hall–Kier alpha value is -3.95. The topological polar surface area (TPSA) is 88.0 Å². The van der Waals surface area contributed by atoms with Gasteiger partial charge < -0.3 is 9.64 Å². The summed E-state index contributed by atoms with van der Waals surface area (Å²) in [5.41, 5.74) is 3.19. The van der Waals surface area contributed by atoms with E-state index >= 15 is 0 Å². The van der Waals surface area contributed by atoms with Crippen LogP contribution in [0.3, 0.4) is 0 Å². The number of likely N-dealkylation sites (tertiary alicyclic amines) is 1. The summed E-state index contributed by atoms with van der Waals surface area (Å²) in [6, 6.07) is 18.5. The minimum atomic E-state index is -0.835. The Morgan fingerprint density at radius 2 is 1.84 bits per heavy atom. The normalized spacial score (nSPS) is 21.4. The highest BCUT2D eigenvalue weighted by molar-refractivity contribution is 7.11. The molecule has 3 aliphatic rings. The quantitative estimate of drug-likeness (QED) is 0.396. The van der Waals surface area contributed by atoms with Gasteiger partial charge >= 0.3 is 0 Å². The Kier molecular flexibility index (Phi) is 5.56. The van der Waals surface area contributed by atoms with Crippen LogP contribution < -0.4 is 0 Å². The van der Waals surface area contributed by atoms with Crippen LogP contribution in [0.25, 0.3) is 22.0 Å². The number of thiazole rings is 1. The molecule has 0 radical (unpaired) electrons. The lowest BCUT2D eigenvalue weighted by atomic mass is 9.96. The molecule has 2 aromatic heterocycles. The van der Waals surface area contributed by atoms with Crippen LogP contribution in [0.4, 0.5) is 0 Å². The van der Waals surface area contributed by atoms with Crippen molar-refractivity contribution in [3.63, 3.8) is 0 Å². The Bertz CT molecular complexity index is 1550. The lowest BCUT2D eigenvalue weighted by Crippen LogP contribution is -2.55. The number of amides is 2. The third-order valence-corrected chi connectivity index (χ3v) is 8.36. The summed E-state index contributed by atoms with van der Waals surface area (Å²) in [6.07, 6.45) is 4.04. The summed E-state index contributed by atoms with van der Waals surface area (Å²) in [7, 11) is 0. The SMILES string of the molecule is O=C(c1nccs1)N1CC(CN2C(=O)C3(CCOC3)N=C2c2ccc(-c3ccc4cccnc4c3)cc2)C1. The molecule has 8 nitrogen and oxygen atoms in total. The first-order valence-corrected chi connectivity index (χ1v) is 13.6. The first-order valence-electron chi connectivity index (χ1n) is 12.7. The van der Waals surface area contributed by atoms with Crippen molar-refractivity contribution in [1.82, 2.24) is 19.8 Å². The van der Waals surface area contributed by atoms with Gasteiger partial charge in [0.1, 0.15) is 5.84 Å². The van der Waals surface area contributed by atoms with Crippen molar-refractivity contribution < 1.29 is 14.3 Å². The highest BCUT2D eigenvalue weighted by Gasteiger charge is 2.52. The fourth-order valence-electron chi connectivity index (χ4n) is 5.49. The van der Waals surface area contributed by atoms with Crippen LogP contribution in [-0.2, 0) is 9.53 Å². The maximum Gasteiger partial charge on any atom is 0.282 e. The van der Waals surface area contributed by atoms with Crippen molar-refractivity contribution in [1.29, 1.82) is 0 Å². The van der Waals surface area contributed by atoms with Crippen molar-refractivity contribution in [2.45, 2.75) is 12.0 Å². The smallest absolute Gasteiger partial charge is 0.282 e. The van der Waals surface area contributed by atoms with Crippen LogP contribution in [0.1, 0.15) is 21.8 Å². The van der Waals surface area contributed by atoms with Crippen molar-refractivity contribution in [3.05, 3.63) is 82.9 Å². The number of aliphatic imine (C=N–C) groups is 1. The highest BCUT2D eigenvalue weighted by atomic mass is 32.1. The number of carbonyl (C=O) groups is 2. The molecule has 4 aromatic rings. The number of hydrogen-bond donors (Lipinski definition) is 0. The Balaban J connectivity index is 1.12. The second kappa shape index (κ2) is 9.11. The summed E-state index contributed by atoms with van der Waals surface area (Å²) in [4.78, 5) is 43.4. The minimum Gasteiger partial charge on any atom is -0.378 e.